The second kappa shape index (κ2) is 5.77. The first-order valence-electron chi connectivity index (χ1n) is 8.11. The van der Waals surface area contributed by atoms with Crippen molar-refractivity contribution in [3.63, 3.8) is 0 Å². The first kappa shape index (κ1) is 14.4. The summed E-state index contributed by atoms with van der Waals surface area (Å²) < 4.78 is 5.01. The summed E-state index contributed by atoms with van der Waals surface area (Å²) in [7, 11) is 0. The van der Waals surface area contributed by atoms with Gasteiger partial charge in [0.05, 0.1) is 12.5 Å². The number of aromatic nitrogens is 2. The maximum Gasteiger partial charge on any atom is 0.231 e. The zero-order chi connectivity index (χ0) is 15.8. The summed E-state index contributed by atoms with van der Waals surface area (Å²) in [6.45, 7) is 4.92. The number of rotatable bonds is 3. The largest absolute Gasteiger partial charge is 0.340 e. The van der Waals surface area contributed by atoms with Gasteiger partial charge in [0.1, 0.15) is 0 Å². The van der Waals surface area contributed by atoms with Crippen molar-refractivity contribution in [1.82, 2.24) is 15.0 Å². The quantitative estimate of drug-likeness (QED) is 0.864. The Balaban J connectivity index is 1.41. The molecular formula is C17H20N4O2. The third kappa shape index (κ3) is 2.74. The van der Waals surface area contributed by atoms with Gasteiger partial charge >= 0.3 is 0 Å². The van der Waals surface area contributed by atoms with Crippen LogP contribution in [0.2, 0.25) is 0 Å². The van der Waals surface area contributed by atoms with Crippen molar-refractivity contribution in [3.05, 3.63) is 41.5 Å². The highest BCUT2D eigenvalue weighted by atomic mass is 16.5. The molecule has 0 saturated carbocycles. The summed E-state index contributed by atoms with van der Waals surface area (Å²) in [6.07, 6.45) is 1.86. The molecule has 0 aliphatic carbocycles. The Hall–Kier alpha value is -2.21. The number of fused-ring (bicyclic) bond motifs is 1. The highest BCUT2D eigenvalue weighted by Gasteiger charge is 2.34. The standard InChI is InChI=1S/C17H20N4O2/c1-12-18-16(19-23-12)11-20-8-6-14(10-20)17(22)21-9-7-13-4-2-3-5-15(13)21/h2-5,14H,6-11H2,1H3. The van der Waals surface area contributed by atoms with Gasteiger partial charge in [-0.3, -0.25) is 9.69 Å². The van der Waals surface area contributed by atoms with Crippen molar-refractivity contribution in [3.8, 4) is 0 Å². The van der Waals surface area contributed by atoms with E-state index in [2.05, 4.69) is 27.2 Å². The van der Waals surface area contributed by atoms with E-state index in [4.69, 9.17) is 4.52 Å². The van der Waals surface area contributed by atoms with Crippen LogP contribution in [0.3, 0.4) is 0 Å². The lowest BCUT2D eigenvalue weighted by Gasteiger charge is -2.21. The van der Waals surface area contributed by atoms with E-state index in [1.807, 2.05) is 17.0 Å². The molecule has 120 valence electrons. The van der Waals surface area contributed by atoms with E-state index in [0.717, 1.165) is 38.2 Å². The van der Waals surface area contributed by atoms with E-state index >= 15 is 0 Å². The van der Waals surface area contributed by atoms with E-state index in [9.17, 15) is 4.79 Å². The highest BCUT2D eigenvalue weighted by molar-refractivity contribution is 5.97. The summed E-state index contributed by atoms with van der Waals surface area (Å²) in [5, 5.41) is 3.93. The molecule has 1 aromatic carbocycles. The van der Waals surface area contributed by atoms with Crippen LogP contribution in [0.1, 0.15) is 23.7 Å². The van der Waals surface area contributed by atoms with E-state index in [0.29, 0.717) is 18.3 Å². The Morgan fingerprint density at radius 3 is 3.04 bits per heavy atom. The number of nitrogens with zero attached hydrogens (tertiary/aromatic N) is 4. The minimum absolute atomic E-state index is 0.0640. The summed E-state index contributed by atoms with van der Waals surface area (Å²) in [5.41, 5.74) is 2.36. The third-order valence-electron chi connectivity index (χ3n) is 4.71. The van der Waals surface area contributed by atoms with Crippen LogP contribution in [0.5, 0.6) is 0 Å². The third-order valence-corrected chi connectivity index (χ3v) is 4.71. The molecule has 2 aromatic rings. The Morgan fingerprint density at radius 2 is 2.22 bits per heavy atom. The van der Waals surface area contributed by atoms with Crippen LogP contribution in [0.25, 0.3) is 0 Å². The van der Waals surface area contributed by atoms with Gasteiger partial charge < -0.3 is 9.42 Å². The molecule has 23 heavy (non-hydrogen) atoms. The number of carbonyl (C=O) groups excluding carboxylic acids is 1. The Kier molecular flexibility index (Phi) is 3.61. The smallest absolute Gasteiger partial charge is 0.231 e. The molecular weight excluding hydrogens is 292 g/mol. The lowest BCUT2D eigenvalue weighted by atomic mass is 10.1. The predicted octanol–water partition coefficient (Wildman–Crippen LogP) is 1.79. The Morgan fingerprint density at radius 1 is 1.35 bits per heavy atom. The topological polar surface area (TPSA) is 62.5 Å². The van der Waals surface area contributed by atoms with E-state index in [1.54, 1.807) is 6.92 Å². The molecule has 4 rings (SSSR count). The molecule has 0 bridgehead atoms. The maximum atomic E-state index is 12.9. The second-order valence-electron chi connectivity index (χ2n) is 6.32. The van der Waals surface area contributed by atoms with Gasteiger partial charge in [-0.25, -0.2) is 0 Å². The van der Waals surface area contributed by atoms with E-state index < -0.39 is 0 Å². The van der Waals surface area contributed by atoms with Gasteiger partial charge in [-0.2, -0.15) is 4.98 Å². The molecule has 3 heterocycles. The number of anilines is 1. The van der Waals surface area contributed by atoms with Crippen molar-refractivity contribution in [2.75, 3.05) is 24.5 Å². The number of hydrogen-bond acceptors (Lipinski definition) is 5. The van der Waals surface area contributed by atoms with Crippen molar-refractivity contribution >= 4 is 11.6 Å². The number of likely N-dealkylation sites (tertiary alicyclic amines) is 1. The average Bonchev–Trinajstić information content (AvgIpc) is 3.27. The summed E-state index contributed by atoms with van der Waals surface area (Å²) in [5.74, 6) is 1.60. The molecule has 1 amide bonds. The molecule has 2 aliphatic heterocycles. The number of amides is 1. The number of aryl methyl sites for hydroxylation is 1. The number of para-hydroxylation sites is 1. The minimum atomic E-state index is 0.0640. The number of hydrogen-bond donors (Lipinski definition) is 0. The summed E-state index contributed by atoms with van der Waals surface area (Å²) in [6, 6.07) is 8.21. The molecule has 1 unspecified atom stereocenters. The molecule has 1 fully saturated rings. The maximum absolute atomic E-state index is 12.9. The lowest BCUT2D eigenvalue weighted by molar-refractivity contribution is -0.121. The minimum Gasteiger partial charge on any atom is -0.340 e. The van der Waals surface area contributed by atoms with Crippen LogP contribution in [0, 0.1) is 12.8 Å². The summed E-state index contributed by atoms with van der Waals surface area (Å²) >= 11 is 0. The fourth-order valence-corrected chi connectivity index (χ4v) is 3.57. The van der Waals surface area contributed by atoms with Gasteiger partial charge in [-0.15, -0.1) is 0 Å². The molecule has 2 aliphatic rings. The average molecular weight is 312 g/mol. The predicted molar refractivity (Wildman–Crippen MR) is 84.9 cm³/mol. The summed E-state index contributed by atoms with van der Waals surface area (Å²) in [4.78, 5) is 21.3. The van der Waals surface area contributed by atoms with Crippen LogP contribution in [-0.4, -0.2) is 40.6 Å². The second-order valence-corrected chi connectivity index (χ2v) is 6.32. The van der Waals surface area contributed by atoms with Gasteiger partial charge in [0.2, 0.25) is 11.8 Å². The van der Waals surface area contributed by atoms with Crippen molar-refractivity contribution in [2.45, 2.75) is 26.3 Å². The van der Waals surface area contributed by atoms with Crippen LogP contribution in [0.15, 0.2) is 28.8 Å². The molecule has 1 saturated heterocycles. The van der Waals surface area contributed by atoms with Crippen LogP contribution in [0.4, 0.5) is 5.69 Å². The van der Waals surface area contributed by atoms with Crippen LogP contribution >= 0.6 is 0 Å². The number of carbonyl (C=O) groups is 1. The molecule has 1 atom stereocenters. The van der Waals surface area contributed by atoms with Gasteiger partial charge in [0, 0.05) is 25.7 Å². The SMILES string of the molecule is Cc1nc(CN2CCC(C(=O)N3CCc4ccccc43)C2)no1. The van der Waals surface area contributed by atoms with Gasteiger partial charge in [-0.1, -0.05) is 23.4 Å². The van der Waals surface area contributed by atoms with E-state index in [1.165, 1.54) is 5.56 Å². The van der Waals surface area contributed by atoms with Gasteiger partial charge in [0.25, 0.3) is 0 Å². The molecule has 1 aromatic heterocycles. The van der Waals surface area contributed by atoms with Gasteiger partial charge in [-0.05, 0) is 31.0 Å². The molecule has 6 nitrogen and oxygen atoms in total. The molecule has 6 heteroatoms. The molecule has 0 N–H and O–H groups in total. The first-order valence-corrected chi connectivity index (χ1v) is 8.11. The normalized spacial score (nSPS) is 20.9. The van der Waals surface area contributed by atoms with Crippen molar-refractivity contribution < 1.29 is 9.32 Å². The van der Waals surface area contributed by atoms with Crippen molar-refractivity contribution in [1.29, 1.82) is 0 Å². The zero-order valence-electron chi connectivity index (χ0n) is 13.2. The number of benzene rings is 1. The fourth-order valence-electron chi connectivity index (χ4n) is 3.57. The Bertz CT molecular complexity index is 727. The van der Waals surface area contributed by atoms with Crippen LogP contribution in [-0.2, 0) is 17.8 Å². The Labute approximate surface area is 135 Å². The first-order chi connectivity index (χ1) is 11.2. The fraction of sp³-hybridized carbons (Fsp3) is 0.471. The highest BCUT2D eigenvalue weighted by Crippen LogP contribution is 2.30. The monoisotopic (exact) mass is 312 g/mol. The molecule has 0 radical (unpaired) electrons. The van der Waals surface area contributed by atoms with Crippen LogP contribution < -0.4 is 4.90 Å². The van der Waals surface area contributed by atoms with E-state index in [-0.39, 0.29) is 11.8 Å². The lowest BCUT2D eigenvalue weighted by Crippen LogP contribution is -2.36. The molecule has 0 spiro atoms. The van der Waals surface area contributed by atoms with Gasteiger partial charge in [0.15, 0.2) is 5.82 Å². The zero-order valence-corrected chi connectivity index (χ0v) is 13.2. The van der Waals surface area contributed by atoms with Crippen molar-refractivity contribution in [2.24, 2.45) is 5.92 Å².